The number of sulfonamides is 1. The van der Waals surface area contributed by atoms with Crippen LogP contribution in [0.25, 0.3) is 0 Å². The monoisotopic (exact) mass is 332 g/mol. The summed E-state index contributed by atoms with van der Waals surface area (Å²) >= 11 is 0. The van der Waals surface area contributed by atoms with E-state index in [-0.39, 0.29) is 11.4 Å². The maximum atomic E-state index is 12.8. The summed E-state index contributed by atoms with van der Waals surface area (Å²) in [7, 11) is -3.08. The molecule has 118 valence electrons. The van der Waals surface area contributed by atoms with E-state index < -0.39 is 26.7 Å². The van der Waals surface area contributed by atoms with Crippen LogP contribution in [0.3, 0.4) is 0 Å². The number of methoxy groups -OCH3 is 1. The van der Waals surface area contributed by atoms with Crippen LogP contribution in [0.4, 0.5) is 18.9 Å². The molecule has 5 nitrogen and oxygen atoms in total. The SMILES string of the molecule is COc1ccc(C(F)(F)F)cc1S(=O)(=O)Nc1cccnc1. The van der Waals surface area contributed by atoms with Crippen LogP contribution in [0.1, 0.15) is 5.56 Å². The molecule has 1 aromatic carbocycles. The molecule has 0 atom stereocenters. The number of hydrogen-bond acceptors (Lipinski definition) is 4. The third-order valence-corrected chi connectivity index (χ3v) is 4.10. The first-order valence-electron chi connectivity index (χ1n) is 5.92. The number of halogens is 3. The van der Waals surface area contributed by atoms with Crippen molar-refractivity contribution in [3.05, 3.63) is 48.3 Å². The van der Waals surface area contributed by atoms with Crippen molar-refractivity contribution in [3.63, 3.8) is 0 Å². The highest BCUT2D eigenvalue weighted by atomic mass is 32.2. The summed E-state index contributed by atoms with van der Waals surface area (Å²) < 4.78 is 69.8. The Kier molecular flexibility index (Phi) is 4.27. The molecule has 0 aliphatic carbocycles. The number of nitrogens with one attached hydrogen (secondary N) is 1. The van der Waals surface area contributed by atoms with Crippen LogP contribution >= 0.6 is 0 Å². The maximum Gasteiger partial charge on any atom is 0.416 e. The second-order valence-electron chi connectivity index (χ2n) is 4.21. The number of pyridine rings is 1. The molecule has 0 saturated heterocycles. The van der Waals surface area contributed by atoms with Gasteiger partial charge in [-0.15, -0.1) is 0 Å². The topological polar surface area (TPSA) is 68.3 Å². The highest BCUT2D eigenvalue weighted by Crippen LogP contribution is 2.34. The average Bonchev–Trinajstić information content (AvgIpc) is 2.46. The van der Waals surface area contributed by atoms with Gasteiger partial charge in [0.25, 0.3) is 10.0 Å². The number of benzene rings is 1. The number of aromatic nitrogens is 1. The molecule has 0 aliphatic rings. The van der Waals surface area contributed by atoms with Gasteiger partial charge in [0.05, 0.1) is 24.6 Å². The Morgan fingerprint density at radius 3 is 2.50 bits per heavy atom. The molecule has 0 radical (unpaired) electrons. The van der Waals surface area contributed by atoms with E-state index in [9.17, 15) is 21.6 Å². The van der Waals surface area contributed by atoms with Crippen molar-refractivity contribution < 1.29 is 26.3 Å². The van der Waals surface area contributed by atoms with Gasteiger partial charge >= 0.3 is 6.18 Å². The highest BCUT2D eigenvalue weighted by Gasteiger charge is 2.33. The van der Waals surface area contributed by atoms with Crippen molar-refractivity contribution in [1.29, 1.82) is 0 Å². The lowest BCUT2D eigenvalue weighted by atomic mass is 10.2. The van der Waals surface area contributed by atoms with Gasteiger partial charge < -0.3 is 4.74 Å². The number of hydrogen-bond donors (Lipinski definition) is 1. The van der Waals surface area contributed by atoms with Crippen LogP contribution in [0, 0.1) is 0 Å². The summed E-state index contributed by atoms with van der Waals surface area (Å²) in [4.78, 5) is 3.12. The zero-order chi connectivity index (χ0) is 16.4. The minimum atomic E-state index is -4.66. The van der Waals surface area contributed by atoms with E-state index in [0.717, 1.165) is 12.1 Å². The molecule has 1 heterocycles. The summed E-state index contributed by atoms with van der Waals surface area (Å²) in [5, 5.41) is 0. The Morgan fingerprint density at radius 2 is 1.95 bits per heavy atom. The van der Waals surface area contributed by atoms with Gasteiger partial charge in [-0.3, -0.25) is 9.71 Å². The van der Waals surface area contributed by atoms with Gasteiger partial charge in [0, 0.05) is 6.20 Å². The van der Waals surface area contributed by atoms with Crippen molar-refractivity contribution in [2.24, 2.45) is 0 Å². The quantitative estimate of drug-likeness (QED) is 0.935. The first kappa shape index (κ1) is 16.1. The van der Waals surface area contributed by atoms with E-state index in [0.29, 0.717) is 6.07 Å². The third kappa shape index (κ3) is 3.48. The molecule has 1 aromatic heterocycles. The molecule has 2 rings (SSSR count). The Labute approximate surface area is 124 Å². The van der Waals surface area contributed by atoms with Crippen LogP contribution in [-0.2, 0) is 16.2 Å². The van der Waals surface area contributed by atoms with Gasteiger partial charge in [-0.1, -0.05) is 0 Å². The standard InChI is InChI=1S/C13H11F3N2O3S/c1-21-11-5-4-9(13(14,15)16)7-12(11)22(19,20)18-10-3-2-6-17-8-10/h2-8,18H,1H3. The average molecular weight is 332 g/mol. The lowest BCUT2D eigenvalue weighted by Gasteiger charge is -2.14. The Bertz CT molecular complexity index is 762. The smallest absolute Gasteiger partial charge is 0.416 e. The van der Waals surface area contributed by atoms with Gasteiger partial charge in [0.2, 0.25) is 0 Å². The van der Waals surface area contributed by atoms with Crippen molar-refractivity contribution >= 4 is 15.7 Å². The van der Waals surface area contributed by atoms with Crippen molar-refractivity contribution in [3.8, 4) is 5.75 Å². The van der Waals surface area contributed by atoms with Gasteiger partial charge in [-0.05, 0) is 30.3 Å². The molecule has 0 aliphatic heterocycles. The summed E-state index contributed by atoms with van der Waals surface area (Å²) in [5.41, 5.74) is -0.957. The molecular weight excluding hydrogens is 321 g/mol. The third-order valence-electron chi connectivity index (χ3n) is 2.69. The molecule has 2 aromatic rings. The van der Waals surface area contributed by atoms with E-state index in [2.05, 4.69) is 9.71 Å². The van der Waals surface area contributed by atoms with E-state index >= 15 is 0 Å². The fourth-order valence-electron chi connectivity index (χ4n) is 1.70. The number of ether oxygens (including phenoxy) is 1. The van der Waals surface area contributed by atoms with Gasteiger partial charge in [0.15, 0.2) is 0 Å². The van der Waals surface area contributed by atoms with E-state index in [1.165, 1.54) is 31.6 Å². The fourth-order valence-corrected chi connectivity index (χ4v) is 2.94. The summed E-state index contributed by atoms with van der Waals surface area (Å²) in [6.45, 7) is 0. The highest BCUT2D eigenvalue weighted by molar-refractivity contribution is 7.92. The molecule has 0 unspecified atom stereocenters. The molecule has 22 heavy (non-hydrogen) atoms. The predicted molar refractivity (Wildman–Crippen MR) is 73.0 cm³/mol. The molecule has 1 N–H and O–H groups in total. The van der Waals surface area contributed by atoms with Crippen LogP contribution in [0.2, 0.25) is 0 Å². The molecule has 0 amide bonds. The molecular formula is C13H11F3N2O3S. The van der Waals surface area contributed by atoms with Crippen LogP contribution in [-0.4, -0.2) is 20.5 Å². The fraction of sp³-hybridized carbons (Fsp3) is 0.154. The minimum Gasteiger partial charge on any atom is -0.495 e. The van der Waals surface area contributed by atoms with E-state index in [1.807, 2.05) is 0 Å². The lowest BCUT2D eigenvalue weighted by molar-refractivity contribution is -0.137. The molecule has 0 fully saturated rings. The zero-order valence-electron chi connectivity index (χ0n) is 11.3. The number of nitrogens with zero attached hydrogens (tertiary/aromatic N) is 1. The molecule has 0 bridgehead atoms. The maximum absolute atomic E-state index is 12.8. The first-order chi connectivity index (χ1) is 10.2. The second-order valence-corrected chi connectivity index (χ2v) is 5.86. The first-order valence-corrected chi connectivity index (χ1v) is 7.40. The Morgan fingerprint density at radius 1 is 1.23 bits per heavy atom. The van der Waals surface area contributed by atoms with Crippen LogP contribution in [0.15, 0.2) is 47.6 Å². The largest absolute Gasteiger partial charge is 0.495 e. The summed E-state index contributed by atoms with van der Waals surface area (Å²) in [6.07, 6.45) is -1.99. The predicted octanol–water partition coefficient (Wildman–Crippen LogP) is 2.91. The number of rotatable bonds is 4. The number of alkyl halides is 3. The second kappa shape index (κ2) is 5.84. The van der Waals surface area contributed by atoms with Gasteiger partial charge in [0.1, 0.15) is 10.6 Å². The number of anilines is 1. The lowest BCUT2D eigenvalue weighted by Crippen LogP contribution is -2.16. The van der Waals surface area contributed by atoms with Crippen LogP contribution in [0.5, 0.6) is 5.75 Å². The molecule has 0 spiro atoms. The Balaban J connectivity index is 2.49. The van der Waals surface area contributed by atoms with Crippen LogP contribution < -0.4 is 9.46 Å². The van der Waals surface area contributed by atoms with Crippen molar-refractivity contribution in [2.75, 3.05) is 11.8 Å². The summed E-state index contributed by atoms with van der Waals surface area (Å²) in [5.74, 6) is -0.190. The van der Waals surface area contributed by atoms with Gasteiger partial charge in [-0.2, -0.15) is 13.2 Å². The van der Waals surface area contributed by atoms with Crippen molar-refractivity contribution in [2.45, 2.75) is 11.1 Å². The van der Waals surface area contributed by atoms with Gasteiger partial charge in [-0.25, -0.2) is 8.42 Å². The zero-order valence-corrected chi connectivity index (χ0v) is 12.1. The van der Waals surface area contributed by atoms with E-state index in [1.54, 1.807) is 0 Å². The normalized spacial score (nSPS) is 12.0. The molecule has 9 heteroatoms. The Hall–Kier alpha value is -2.29. The van der Waals surface area contributed by atoms with E-state index in [4.69, 9.17) is 4.74 Å². The molecule has 0 saturated carbocycles. The summed E-state index contributed by atoms with van der Waals surface area (Å²) in [6, 6.07) is 5.14. The minimum absolute atomic E-state index is 0.127. The van der Waals surface area contributed by atoms with Crippen molar-refractivity contribution in [1.82, 2.24) is 4.98 Å².